The predicted molar refractivity (Wildman–Crippen MR) is 133 cm³/mol. The highest BCUT2D eigenvalue weighted by Gasteiger charge is 2.26. The maximum absolute atomic E-state index is 13.2. The van der Waals surface area contributed by atoms with Crippen molar-refractivity contribution in [1.29, 1.82) is 0 Å². The molecule has 0 aliphatic rings. The maximum Gasteiger partial charge on any atom is 0.242 e. The fourth-order valence-corrected chi connectivity index (χ4v) is 4.42. The smallest absolute Gasteiger partial charge is 0.242 e. The molecule has 0 spiro atoms. The number of nitrogens with one attached hydrogen (secondary N) is 1. The number of aryl methyl sites for hydroxylation is 2. The number of methoxy groups -OCH3 is 1. The zero-order valence-corrected chi connectivity index (χ0v) is 20.8. The van der Waals surface area contributed by atoms with E-state index < -0.39 is 6.04 Å². The van der Waals surface area contributed by atoms with E-state index in [9.17, 15) is 9.59 Å². The molecule has 0 fully saturated rings. The second kappa shape index (κ2) is 13.2. The lowest BCUT2D eigenvalue weighted by Crippen LogP contribution is -2.48. The van der Waals surface area contributed by atoms with Crippen LogP contribution in [-0.4, -0.2) is 42.2 Å². The van der Waals surface area contributed by atoms with Gasteiger partial charge in [-0.1, -0.05) is 54.8 Å². The molecule has 6 heteroatoms. The van der Waals surface area contributed by atoms with Crippen LogP contribution in [0.15, 0.2) is 42.5 Å². The molecule has 1 N–H and O–H groups in total. The zero-order valence-electron chi connectivity index (χ0n) is 19.9. The first kappa shape index (κ1) is 25.8. The summed E-state index contributed by atoms with van der Waals surface area (Å²) >= 11 is 1.58. The van der Waals surface area contributed by atoms with Crippen molar-refractivity contribution in [3.63, 3.8) is 0 Å². The molecule has 0 radical (unpaired) electrons. The van der Waals surface area contributed by atoms with Crippen LogP contribution in [0.4, 0.5) is 0 Å². The van der Waals surface area contributed by atoms with Crippen LogP contribution in [0.25, 0.3) is 0 Å². The third-order valence-corrected chi connectivity index (χ3v) is 6.25. The molecular weight excluding hydrogens is 420 g/mol. The number of nitrogens with zero attached hydrogens (tertiary/aromatic N) is 1. The molecule has 0 bridgehead atoms. The molecule has 0 aromatic heterocycles. The highest BCUT2D eigenvalue weighted by Crippen LogP contribution is 2.19. The minimum atomic E-state index is -0.549. The normalized spacial score (nSPS) is 11.7. The minimum Gasteiger partial charge on any atom is -0.497 e. The van der Waals surface area contributed by atoms with Crippen LogP contribution in [0.5, 0.6) is 5.75 Å². The van der Waals surface area contributed by atoms with Crippen molar-refractivity contribution in [3.05, 3.63) is 64.7 Å². The number of rotatable bonds is 12. The number of amides is 2. The molecule has 5 nitrogen and oxygen atoms in total. The summed E-state index contributed by atoms with van der Waals surface area (Å²) in [4.78, 5) is 27.6. The van der Waals surface area contributed by atoms with Crippen LogP contribution in [0.1, 0.15) is 48.9 Å². The van der Waals surface area contributed by atoms with E-state index in [0.29, 0.717) is 18.8 Å². The molecule has 0 saturated carbocycles. The molecule has 0 saturated heterocycles. The van der Waals surface area contributed by atoms with Gasteiger partial charge in [0.25, 0.3) is 0 Å². The quantitative estimate of drug-likeness (QED) is 0.463. The third kappa shape index (κ3) is 8.23. The molecule has 0 heterocycles. The lowest BCUT2D eigenvalue weighted by molar-refractivity contribution is -0.138. The Kier molecular flexibility index (Phi) is 10.6. The Hall–Kier alpha value is -2.47. The Balaban J connectivity index is 2.08. The highest BCUT2D eigenvalue weighted by molar-refractivity contribution is 7.99. The summed E-state index contributed by atoms with van der Waals surface area (Å²) in [7, 11) is 1.62. The minimum absolute atomic E-state index is 0.0414. The van der Waals surface area contributed by atoms with Gasteiger partial charge in [-0.2, -0.15) is 0 Å². The van der Waals surface area contributed by atoms with Crippen molar-refractivity contribution >= 4 is 23.6 Å². The molecule has 2 aromatic rings. The van der Waals surface area contributed by atoms with Crippen molar-refractivity contribution in [2.75, 3.05) is 19.4 Å². The summed E-state index contributed by atoms with van der Waals surface area (Å²) in [6.45, 7) is 9.04. The summed E-state index contributed by atoms with van der Waals surface area (Å²) in [5, 5.41) is 2.96. The molecule has 0 aliphatic heterocycles. The van der Waals surface area contributed by atoms with Gasteiger partial charge in [-0.3, -0.25) is 9.59 Å². The van der Waals surface area contributed by atoms with Gasteiger partial charge in [0.05, 0.1) is 12.9 Å². The lowest BCUT2D eigenvalue weighted by Gasteiger charge is -2.29. The van der Waals surface area contributed by atoms with Gasteiger partial charge < -0.3 is 15.0 Å². The Bertz CT molecular complexity index is 880. The fourth-order valence-electron chi connectivity index (χ4n) is 3.58. The molecule has 2 rings (SSSR count). The molecule has 2 amide bonds. The molecule has 1 unspecified atom stereocenters. The second-order valence-corrected chi connectivity index (χ2v) is 9.17. The average Bonchev–Trinajstić information content (AvgIpc) is 2.76. The first-order valence-electron chi connectivity index (χ1n) is 11.2. The SMILES string of the molecule is CCCCNC(=O)C(C)N(Cc1cccc(OC)c1)C(=O)CSCc1cc(C)cc(C)c1. The molecule has 1 atom stereocenters. The van der Waals surface area contributed by atoms with Crippen molar-refractivity contribution in [3.8, 4) is 5.75 Å². The zero-order chi connectivity index (χ0) is 23.5. The van der Waals surface area contributed by atoms with Gasteiger partial charge in [0, 0.05) is 18.8 Å². The first-order chi connectivity index (χ1) is 15.3. The maximum atomic E-state index is 13.2. The van der Waals surface area contributed by atoms with E-state index in [1.54, 1.807) is 30.7 Å². The summed E-state index contributed by atoms with van der Waals surface area (Å²) in [6.07, 6.45) is 1.93. The van der Waals surface area contributed by atoms with Gasteiger partial charge in [0.1, 0.15) is 11.8 Å². The Morgan fingerprint density at radius 2 is 1.81 bits per heavy atom. The van der Waals surface area contributed by atoms with Gasteiger partial charge in [-0.05, 0) is 50.5 Å². The second-order valence-electron chi connectivity index (χ2n) is 8.18. The van der Waals surface area contributed by atoms with Gasteiger partial charge in [-0.15, -0.1) is 11.8 Å². The summed E-state index contributed by atoms with van der Waals surface area (Å²) < 4.78 is 5.32. The lowest BCUT2D eigenvalue weighted by atomic mass is 10.1. The summed E-state index contributed by atoms with van der Waals surface area (Å²) in [5.41, 5.74) is 4.60. The van der Waals surface area contributed by atoms with E-state index in [1.165, 1.54) is 16.7 Å². The number of carbonyl (C=O) groups excluding carboxylic acids is 2. The van der Waals surface area contributed by atoms with E-state index >= 15 is 0 Å². The van der Waals surface area contributed by atoms with E-state index in [4.69, 9.17) is 4.74 Å². The van der Waals surface area contributed by atoms with Crippen LogP contribution in [0, 0.1) is 13.8 Å². The van der Waals surface area contributed by atoms with Crippen molar-refractivity contribution in [1.82, 2.24) is 10.2 Å². The standard InChI is InChI=1S/C26H36N2O3S/c1-6-7-11-27-26(30)21(4)28(16-22-9-8-10-24(15-22)31-5)25(29)18-32-17-23-13-19(2)12-20(3)14-23/h8-10,12-15,21H,6-7,11,16-18H2,1-5H3,(H,27,30). The molecular formula is C26H36N2O3S. The number of thioether (sulfide) groups is 1. The van der Waals surface area contributed by atoms with Crippen molar-refractivity contribution < 1.29 is 14.3 Å². The van der Waals surface area contributed by atoms with Crippen LogP contribution in [0.2, 0.25) is 0 Å². The van der Waals surface area contributed by atoms with E-state index in [-0.39, 0.29) is 11.8 Å². The number of carbonyl (C=O) groups is 2. The molecule has 32 heavy (non-hydrogen) atoms. The Labute approximate surface area is 196 Å². The number of unbranched alkanes of at least 4 members (excludes halogenated alkanes) is 1. The topological polar surface area (TPSA) is 58.6 Å². The Morgan fingerprint density at radius 1 is 1.09 bits per heavy atom. The number of hydrogen-bond acceptors (Lipinski definition) is 4. The van der Waals surface area contributed by atoms with Gasteiger partial charge >= 0.3 is 0 Å². The fraction of sp³-hybridized carbons (Fsp3) is 0.462. The summed E-state index contributed by atoms with van der Waals surface area (Å²) in [6, 6.07) is 13.5. The van der Waals surface area contributed by atoms with Gasteiger partial charge in [-0.25, -0.2) is 0 Å². The van der Waals surface area contributed by atoms with Crippen molar-refractivity contribution in [2.24, 2.45) is 0 Å². The van der Waals surface area contributed by atoms with Crippen LogP contribution in [-0.2, 0) is 21.9 Å². The van der Waals surface area contributed by atoms with Crippen molar-refractivity contribution in [2.45, 2.75) is 58.9 Å². The number of ether oxygens (including phenoxy) is 1. The van der Waals surface area contributed by atoms with E-state index in [2.05, 4.69) is 44.3 Å². The molecule has 2 aromatic carbocycles. The van der Waals surface area contributed by atoms with Crippen LogP contribution >= 0.6 is 11.8 Å². The van der Waals surface area contributed by atoms with E-state index in [1.807, 2.05) is 24.3 Å². The molecule has 0 aliphatic carbocycles. The monoisotopic (exact) mass is 456 g/mol. The predicted octanol–water partition coefficient (Wildman–Crippen LogP) is 4.88. The third-order valence-electron chi connectivity index (χ3n) is 5.26. The number of benzene rings is 2. The molecule has 174 valence electrons. The highest BCUT2D eigenvalue weighted by atomic mass is 32.2. The largest absolute Gasteiger partial charge is 0.497 e. The van der Waals surface area contributed by atoms with E-state index in [0.717, 1.165) is 29.9 Å². The number of hydrogen-bond donors (Lipinski definition) is 1. The Morgan fingerprint density at radius 3 is 2.47 bits per heavy atom. The van der Waals surface area contributed by atoms with Crippen LogP contribution in [0.3, 0.4) is 0 Å². The van der Waals surface area contributed by atoms with Crippen LogP contribution < -0.4 is 10.1 Å². The summed E-state index contributed by atoms with van der Waals surface area (Å²) in [5.74, 6) is 1.66. The van der Waals surface area contributed by atoms with Gasteiger partial charge in [0.2, 0.25) is 11.8 Å². The van der Waals surface area contributed by atoms with Gasteiger partial charge in [0.15, 0.2) is 0 Å². The average molecular weight is 457 g/mol. The first-order valence-corrected chi connectivity index (χ1v) is 12.3.